The number of amides is 1. The number of benzene rings is 1. The fourth-order valence-corrected chi connectivity index (χ4v) is 2.93. The smallest absolute Gasteiger partial charge is 0.293 e. The van der Waals surface area contributed by atoms with Gasteiger partial charge >= 0.3 is 0 Å². The van der Waals surface area contributed by atoms with E-state index in [1.807, 2.05) is 24.4 Å². The monoisotopic (exact) mass is 344 g/mol. The topological polar surface area (TPSA) is 73.6 Å². The van der Waals surface area contributed by atoms with Gasteiger partial charge in [0.25, 0.3) is 5.91 Å². The summed E-state index contributed by atoms with van der Waals surface area (Å²) in [5, 5.41) is 5.09. The number of aryl methyl sites for hydroxylation is 1. The lowest BCUT2D eigenvalue weighted by Crippen LogP contribution is -2.11. The van der Waals surface area contributed by atoms with E-state index in [4.69, 9.17) is 13.9 Å². The molecule has 3 rings (SSSR count). The van der Waals surface area contributed by atoms with Crippen LogP contribution in [-0.4, -0.2) is 25.1 Å². The molecule has 3 aromatic rings. The van der Waals surface area contributed by atoms with Gasteiger partial charge in [0.15, 0.2) is 10.9 Å². The third kappa shape index (κ3) is 3.11. The molecule has 1 N–H and O–H groups in total. The summed E-state index contributed by atoms with van der Waals surface area (Å²) in [6.45, 7) is 1.81. The summed E-state index contributed by atoms with van der Waals surface area (Å²) in [5.41, 5.74) is 2.32. The van der Waals surface area contributed by atoms with Crippen molar-refractivity contribution in [3.8, 4) is 22.8 Å². The number of thiazole rings is 1. The van der Waals surface area contributed by atoms with Crippen LogP contribution in [0.25, 0.3) is 11.3 Å². The quantitative estimate of drug-likeness (QED) is 0.758. The normalized spacial score (nSPS) is 10.5. The molecule has 2 heterocycles. The molecule has 0 unspecified atom stereocenters. The lowest BCUT2D eigenvalue weighted by atomic mass is 10.1. The molecule has 124 valence electrons. The number of nitrogens with zero attached hydrogens (tertiary/aromatic N) is 1. The molecular weight excluding hydrogens is 328 g/mol. The van der Waals surface area contributed by atoms with Crippen molar-refractivity contribution in [3.05, 3.63) is 47.2 Å². The standard InChI is InChI=1S/C17H16N2O4S/c1-10-6-7-23-15(10)16(20)19-17-18-13(9-24-17)12-5-4-11(21-2)8-14(12)22-3/h4-9H,1-3H3,(H,18,19,20). The van der Waals surface area contributed by atoms with Gasteiger partial charge in [0.1, 0.15) is 11.5 Å². The number of ether oxygens (including phenoxy) is 2. The highest BCUT2D eigenvalue weighted by molar-refractivity contribution is 7.14. The number of hydrogen-bond acceptors (Lipinski definition) is 6. The second kappa shape index (κ2) is 6.76. The van der Waals surface area contributed by atoms with E-state index in [-0.39, 0.29) is 11.7 Å². The number of methoxy groups -OCH3 is 2. The average Bonchev–Trinajstić information content (AvgIpc) is 3.23. The molecule has 6 nitrogen and oxygen atoms in total. The van der Waals surface area contributed by atoms with E-state index >= 15 is 0 Å². The first kappa shape index (κ1) is 16.1. The molecule has 0 aliphatic heterocycles. The molecule has 0 saturated heterocycles. The Morgan fingerprint density at radius 1 is 1.25 bits per heavy atom. The highest BCUT2D eigenvalue weighted by Gasteiger charge is 2.16. The van der Waals surface area contributed by atoms with Crippen molar-refractivity contribution in [1.82, 2.24) is 4.98 Å². The Balaban J connectivity index is 1.83. The van der Waals surface area contributed by atoms with Gasteiger partial charge < -0.3 is 13.9 Å². The van der Waals surface area contributed by atoms with Gasteiger partial charge in [-0.2, -0.15) is 0 Å². The van der Waals surface area contributed by atoms with Gasteiger partial charge in [0, 0.05) is 22.6 Å². The highest BCUT2D eigenvalue weighted by atomic mass is 32.1. The zero-order chi connectivity index (χ0) is 17.1. The van der Waals surface area contributed by atoms with E-state index in [2.05, 4.69) is 10.3 Å². The minimum atomic E-state index is -0.319. The van der Waals surface area contributed by atoms with Crippen LogP contribution in [0.2, 0.25) is 0 Å². The molecule has 2 aromatic heterocycles. The molecule has 0 fully saturated rings. The maximum Gasteiger partial charge on any atom is 0.293 e. The summed E-state index contributed by atoms with van der Waals surface area (Å²) < 4.78 is 15.8. The van der Waals surface area contributed by atoms with Gasteiger partial charge in [-0.15, -0.1) is 11.3 Å². The van der Waals surface area contributed by atoms with Gasteiger partial charge in [-0.05, 0) is 25.1 Å². The van der Waals surface area contributed by atoms with Crippen LogP contribution in [0.1, 0.15) is 16.1 Å². The predicted octanol–water partition coefficient (Wildman–Crippen LogP) is 3.98. The van der Waals surface area contributed by atoms with E-state index < -0.39 is 0 Å². The van der Waals surface area contributed by atoms with Gasteiger partial charge in [-0.25, -0.2) is 4.98 Å². The lowest BCUT2D eigenvalue weighted by Gasteiger charge is -2.08. The molecule has 0 saturated carbocycles. The van der Waals surface area contributed by atoms with Crippen molar-refractivity contribution in [1.29, 1.82) is 0 Å². The third-order valence-electron chi connectivity index (χ3n) is 3.48. The summed E-state index contributed by atoms with van der Waals surface area (Å²) in [6.07, 6.45) is 1.49. The van der Waals surface area contributed by atoms with Crippen molar-refractivity contribution < 1.29 is 18.7 Å². The van der Waals surface area contributed by atoms with Crippen LogP contribution < -0.4 is 14.8 Å². The number of aromatic nitrogens is 1. The fourth-order valence-electron chi connectivity index (χ4n) is 2.22. The molecule has 7 heteroatoms. The minimum absolute atomic E-state index is 0.286. The average molecular weight is 344 g/mol. The highest BCUT2D eigenvalue weighted by Crippen LogP contribution is 2.34. The number of anilines is 1. The van der Waals surface area contributed by atoms with Crippen LogP contribution in [0, 0.1) is 6.92 Å². The van der Waals surface area contributed by atoms with Gasteiger partial charge in [-0.1, -0.05) is 0 Å². The number of furan rings is 1. The van der Waals surface area contributed by atoms with Crippen molar-refractivity contribution in [2.75, 3.05) is 19.5 Å². The molecule has 0 radical (unpaired) electrons. The first-order valence-electron chi connectivity index (χ1n) is 7.15. The summed E-state index contributed by atoms with van der Waals surface area (Å²) in [6, 6.07) is 7.24. The SMILES string of the molecule is COc1ccc(-c2csc(NC(=O)c3occc3C)n2)c(OC)c1. The molecule has 0 aliphatic carbocycles. The van der Waals surface area contributed by atoms with Crippen molar-refractivity contribution in [3.63, 3.8) is 0 Å². The Hall–Kier alpha value is -2.80. The Bertz CT molecular complexity index is 869. The van der Waals surface area contributed by atoms with Crippen LogP contribution in [0.5, 0.6) is 11.5 Å². The van der Waals surface area contributed by atoms with E-state index in [1.165, 1.54) is 17.6 Å². The summed E-state index contributed by atoms with van der Waals surface area (Å²) in [4.78, 5) is 16.6. The number of rotatable bonds is 5. The molecular formula is C17H16N2O4S. The number of carbonyl (C=O) groups excluding carboxylic acids is 1. The van der Waals surface area contributed by atoms with Crippen LogP contribution in [0.15, 0.2) is 40.3 Å². The maximum absolute atomic E-state index is 12.2. The van der Waals surface area contributed by atoms with Crippen LogP contribution in [0.3, 0.4) is 0 Å². The van der Waals surface area contributed by atoms with Crippen LogP contribution in [-0.2, 0) is 0 Å². The Morgan fingerprint density at radius 3 is 2.75 bits per heavy atom. The van der Waals surface area contributed by atoms with E-state index in [1.54, 1.807) is 26.4 Å². The Kier molecular flexibility index (Phi) is 4.52. The van der Waals surface area contributed by atoms with Gasteiger partial charge in [0.2, 0.25) is 0 Å². The van der Waals surface area contributed by atoms with Gasteiger partial charge in [-0.3, -0.25) is 10.1 Å². The first-order valence-corrected chi connectivity index (χ1v) is 8.03. The van der Waals surface area contributed by atoms with Crippen LogP contribution >= 0.6 is 11.3 Å². The van der Waals surface area contributed by atoms with Crippen molar-refractivity contribution in [2.45, 2.75) is 6.92 Å². The lowest BCUT2D eigenvalue weighted by molar-refractivity contribution is 0.0996. The molecule has 1 aromatic carbocycles. The van der Waals surface area contributed by atoms with Crippen molar-refractivity contribution in [2.24, 2.45) is 0 Å². The first-order chi connectivity index (χ1) is 11.6. The van der Waals surface area contributed by atoms with E-state index in [0.29, 0.717) is 22.3 Å². The second-order valence-electron chi connectivity index (χ2n) is 4.99. The summed E-state index contributed by atoms with van der Waals surface area (Å²) >= 11 is 1.33. The zero-order valence-corrected chi connectivity index (χ0v) is 14.3. The van der Waals surface area contributed by atoms with E-state index in [9.17, 15) is 4.79 Å². The zero-order valence-electron chi connectivity index (χ0n) is 13.5. The second-order valence-corrected chi connectivity index (χ2v) is 5.85. The molecule has 0 atom stereocenters. The summed E-state index contributed by atoms with van der Waals surface area (Å²) in [7, 11) is 3.19. The Labute approximate surface area is 143 Å². The summed E-state index contributed by atoms with van der Waals surface area (Å²) in [5.74, 6) is 1.32. The van der Waals surface area contributed by atoms with Gasteiger partial charge in [0.05, 0.1) is 26.2 Å². The van der Waals surface area contributed by atoms with Crippen molar-refractivity contribution >= 4 is 22.4 Å². The molecule has 0 aliphatic rings. The third-order valence-corrected chi connectivity index (χ3v) is 4.24. The molecule has 0 bridgehead atoms. The largest absolute Gasteiger partial charge is 0.497 e. The number of nitrogens with one attached hydrogen (secondary N) is 1. The van der Waals surface area contributed by atoms with E-state index in [0.717, 1.165) is 11.1 Å². The minimum Gasteiger partial charge on any atom is -0.497 e. The number of hydrogen-bond donors (Lipinski definition) is 1. The maximum atomic E-state index is 12.2. The number of carbonyl (C=O) groups is 1. The molecule has 0 spiro atoms. The molecule has 24 heavy (non-hydrogen) atoms. The predicted molar refractivity (Wildman–Crippen MR) is 92.1 cm³/mol. The molecule has 1 amide bonds. The Morgan fingerprint density at radius 2 is 2.08 bits per heavy atom. The fraction of sp³-hybridized carbons (Fsp3) is 0.176. The van der Waals surface area contributed by atoms with Crippen LogP contribution in [0.4, 0.5) is 5.13 Å².